The molecular weight excluding hydrogens is 464 g/mol. The first-order chi connectivity index (χ1) is 16.2. The summed E-state index contributed by atoms with van der Waals surface area (Å²) >= 11 is 1.58. The van der Waals surface area contributed by atoms with Crippen molar-refractivity contribution < 1.29 is 24.5 Å². The van der Waals surface area contributed by atoms with Crippen LogP contribution in [0.5, 0.6) is 0 Å². The smallest absolute Gasteiger partial charge is 0.223 e. The number of nitrogens with zero attached hydrogens (tertiary/aromatic N) is 1. The summed E-state index contributed by atoms with van der Waals surface area (Å²) in [6, 6.07) is -0.269. The third-order valence-corrected chi connectivity index (χ3v) is 8.86. The van der Waals surface area contributed by atoms with Gasteiger partial charge in [0.2, 0.25) is 5.91 Å². The topological polar surface area (TPSA) is 112 Å². The Labute approximate surface area is 213 Å². The number of ketones is 1. The minimum Gasteiger partial charge on any atom is -0.392 e. The third kappa shape index (κ3) is 6.59. The fraction of sp³-hybridized carbons (Fsp3) is 0.741. The number of carbonyl (C=O) groups is 2. The van der Waals surface area contributed by atoms with Crippen LogP contribution < -0.4 is 5.32 Å². The van der Waals surface area contributed by atoms with Crippen molar-refractivity contribution in [2.24, 2.45) is 17.3 Å². The van der Waals surface area contributed by atoms with Crippen LogP contribution in [0.2, 0.25) is 0 Å². The Morgan fingerprint density at radius 2 is 1.94 bits per heavy atom. The second-order valence-corrected chi connectivity index (χ2v) is 12.5. The maximum atomic E-state index is 13.2. The first-order valence-electron chi connectivity index (χ1n) is 12.7. The largest absolute Gasteiger partial charge is 0.392 e. The first-order valence-corrected chi connectivity index (χ1v) is 13.6. The van der Waals surface area contributed by atoms with Crippen LogP contribution in [-0.2, 0) is 14.3 Å². The van der Waals surface area contributed by atoms with Gasteiger partial charge in [-0.05, 0) is 51.2 Å². The van der Waals surface area contributed by atoms with Gasteiger partial charge < -0.3 is 20.3 Å². The van der Waals surface area contributed by atoms with Crippen molar-refractivity contribution in [1.82, 2.24) is 10.3 Å². The van der Waals surface area contributed by atoms with Gasteiger partial charge in [-0.15, -0.1) is 11.3 Å². The van der Waals surface area contributed by atoms with Crippen LogP contribution in [0.3, 0.4) is 0 Å². The highest BCUT2D eigenvalue weighted by Crippen LogP contribution is 2.44. The zero-order valence-corrected chi connectivity index (χ0v) is 22.9. The summed E-state index contributed by atoms with van der Waals surface area (Å²) in [5.74, 6) is -1.24. The Kier molecular flexibility index (Phi) is 8.62. The van der Waals surface area contributed by atoms with E-state index >= 15 is 0 Å². The molecule has 2 saturated heterocycles. The lowest BCUT2D eigenvalue weighted by atomic mass is 9.72. The number of aliphatic hydroxyl groups excluding tert-OH is 2. The molecule has 0 radical (unpaired) electrons. The molecule has 3 N–H and O–H groups in total. The van der Waals surface area contributed by atoms with Crippen molar-refractivity contribution >= 4 is 29.1 Å². The molecule has 196 valence electrons. The summed E-state index contributed by atoms with van der Waals surface area (Å²) < 4.78 is 6.10. The molecule has 3 heterocycles. The second kappa shape index (κ2) is 10.8. The van der Waals surface area contributed by atoms with E-state index < -0.39 is 23.5 Å². The lowest BCUT2D eigenvalue weighted by Crippen LogP contribution is -2.47. The molecule has 0 bridgehead atoms. The first kappa shape index (κ1) is 28.0. The lowest BCUT2D eigenvalue weighted by Gasteiger charge is -2.34. The molecule has 35 heavy (non-hydrogen) atoms. The molecule has 2 aliphatic rings. The number of nitrogens with one attached hydrogen (secondary N) is 1. The van der Waals surface area contributed by atoms with Crippen molar-refractivity contribution in [2.45, 2.75) is 111 Å². The molecule has 3 rings (SSSR count). The Bertz CT molecular complexity index is 957. The number of Topliss-reactive ketones (excluding diaryl/α,β-unsaturated/α-hetero) is 1. The number of epoxide rings is 1. The van der Waals surface area contributed by atoms with E-state index in [0.29, 0.717) is 6.42 Å². The third-order valence-electron chi connectivity index (χ3n) is 8.07. The van der Waals surface area contributed by atoms with E-state index in [0.717, 1.165) is 35.5 Å². The van der Waals surface area contributed by atoms with Gasteiger partial charge >= 0.3 is 0 Å². The van der Waals surface area contributed by atoms with Crippen LogP contribution in [0.25, 0.3) is 6.08 Å². The van der Waals surface area contributed by atoms with E-state index in [1.807, 2.05) is 32.2 Å². The average Bonchev–Trinajstić information content (AvgIpc) is 3.22. The number of ether oxygens (including phenoxy) is 1. The molecule has 0 aliphatic carbocycles. The van der Waals surface area contributed by atoms with Gasteiger partial charge in [0.25, 0.3) is 0 Å². The van der Waals surface area contributed by atoms with Gasteiger partial charge in [0.15, 0.2) is 0 Å². The molecule has 8 heteroatoms. The number of amides is 1. The van der Waals surface area contributed by atoms with E-state index in [-0.39, 0.29) is 41.8 Å². The summed E-state index contributed by atoms with van der Waals surface area (Å²) in [4.78, 5) is 30.8. The number of fused-ring (bicyclic) bond motifs is 1. The maximum Gasteiger partial charge on any atom is 0.223 e. The summed E-state index contributed by atoms with van der Waals surface area (Å²) in [6.45, 7) is 13.0. The zero-order chi connectivity index (χ0) is 26.1. The number of thiazole rings is 1. The van der Waals surface area contributed by atoms with E-state index in [9.17, 15) is 19.8 Å². The van der Waals surface area contributed by atoms with Gasteiger partial charge in [-0.3, -0.25) is 9.59 Å². The van der Waals surface area contributed by atoms with Crippen molar-refractivity contribution in [3.8, 4) is 0 Å². The fourth-order valence-electron chi connectivity index (χ4n) is 5.19. The number of aliphatic hydroxyl groups is 2. The molecule has 1 amide bonds. The Morgan fingerprint density at radius 1 is 1.26 bits per heavy atom. The highest BCUT2D eigenvalue weighted by molar-refractivity contribution is 7.09. The van der Waals surface area contributed by atoms with Crippen LogP contribution in [0, 0.1) is 24.2 Å². The number of carbonyl (C=O) groups excluding carboxylic acids is 2. The van der Waals surface area contributed by atoms with Gasteiger partial charge in [0, 0.05) is 17.7 Å². The predicted molar refractivity (Wildman–Crippen MR) is 138 cm³/mol. The highest BCUT2D eigenvalue weighted by atomic mass is 32.1. The molecule has 0 unspecified atom stereocenters. The normalized spacial score (nSPS) is 37.5. The molecule has 7 nitrogen and oxygen atoms in total. The van der Waals surface area contributed by atoms with Crippen LogP contribution in [0.4, 0.5) is 0 Å². The maximum absolute atomic E-state index is 13.2. The zero-order valence-electron chi connectivity index (χ0n) is 22.1. The minimum atomic E-state index is -1.17. The van der Waals surface area contributed by atoms with Crippen LogP contribution in [-0.4, -0.2) is 56.8 Å². The van der Waals surface area contributed by atoms with E-state index in [4.69, 9.17) is 4.74 Å². The molecule has 7 atom stereocenters. The summed E-state index contributed by atoms with van der Waals surface area (Å²) in [5.41, 5.74) is 0.410. The number of aromatic nitrogens is 1. The minimum absolute atomic E-state index is 0.0170. The molecule has 0 saturated carbocycles. The second-order valence-electron chi connectivity index (χ2n) is 11.4. The fourth-order valence-corrected chi connectivity index (χ4v) is 5.76. The molecular formula is C27H42N2O5S. The van der Waals surface area contributed by atoms with E-state index in [1.54, 1.807) is 32.1 Å². The average molecular weight is 507 g/mol. The van der Waals surface area contributed by atoms with Gasteiger partial charge in [0.05, 0.1) is 52.5 Å². The molecule has 1 aromatic rings. The van der Waals surface area contributed by atoms with Crippen molar-refractivity contribution in [3.05, 3.63) is 21.7 Å². The summed E-state index contributed by atoms with van der Waals surface area (Å²) in [7, 11) is 0. The Balaban J connectivity index is 1.85. The van der Waals surface area contributed by atoms with Gasteiger partial charge in [-0.25, -0.2) is 4.98 Å². The Morgan fingerprint density at radius 3 is 2.57 bits per heavy atom. The SMILES string of the molecule is CC(=Cc1csc(C)n1)[C@H]1C[C@@H]2O[C@@]2(C)CCC[C@@H](C)[C@H](O)[C@H](C)C(=O)C(C)(C)[C@H](O)CC(=O)N1. The number of rotatable bonds is 2. The quantitative estimate of drug-likeness (QED) is 0.522. The van der Waals surface area contributed by atoms with Crippen molar-refractivity contribution in [3.63, 3.8) is 0 Å². The summed E-state index contributed by atoms with van der Waals surface area (Å²) in [6.07, 6.45) is 2.99. The number of hydrogen-bond acceptors (Lipinski definition) is 7. The number of hydrogen-bond donors (Lipinski definition) is 3. The molecule has 2 fully saturated rings. The van der Waals surface area contributed by atoms with Gasteiger partial charge in [0.1, 0.15) is 5.78 Å². The Hall–Kier alpha value is -1.61. The standard InChI is InChI=1S/C27H42N2O5S/c1-15-9-8-10-27(7)22(34-27)12-20(16(2)11-19-14-35-18(4)28-19)29-23(31)13-21(30)26(5,6)25(33)17(3)24(15)32/h11,14-15,17,20-22,24,30,32H,8-10,12-13H2,1-7H3,(H,29,31)/t15-,17+,20-,21-,22+,24+,27+/m1/s1. The van der Waals surface area contributed by atoms with Gasteiger partial charge in [-0.2, -0.15) is 0 Å². The monoisotopic (exact) mass is 506 g/mol. The van der Waals surface area contributed by atoms with Crippen LogP contribution in [0.15, 0.2) is 11.0 Å². The van der Waals surface area contributed by atoms with Crippen LogP contribution in [0.1, 0.15) is 84.3 Å². The van der Waals surface area contributed by atoms with E-state index in [1.165, 1.54) is 0 Å². The van der Waals surface area contributed by atoms with Crippen LogP contribution >= 0.6 is 11.3 Å². The lowest BCUT2D eigenvalue weighted by molar-refractivity contribution is -0.143. The van der Waals surface area contributed by atoms with Crippen molar-refractivity contribution in [1.29, 1.82) is 0 Å². The highest BCUT2D eigenvalue weighted by Gasteiger charge is 2.52. The molecule has 2 aliphatic heterocycles. The number of aryl methyl sites for hydroxylation is 1. The predicted octanol–water partition coefficient (Wildman–Crippen LogP) is 4.05. The van der Waals surface area contributed by atoms with Gasteiger partial charge in [-0.1, -0.05) is 34.1 Å². The molecule has 0 spiro atoms. The van der Waals surface area contributed by atoms with E-state index in [2.05, 4.69) is 17.2 Å². The molecule has 1 aromatic heterocycles. The molecule has 0 aromatic carbocycles. The van der Waals surface area contributed by atoms with Crippen molar-refractivity contribution in [2.75, 3.05) is 0 Å². The summed E-state index contributed by atoms with van der Waals surface area (Å²) in [5, 5.41) is 27.8.